The summed E-state index contributed by atoms with van der Waals surface area (Å²) in [5.74, 6) is 3.41. The van der Waals surface area contributed by atoms with Crippen molar-refractivity contribution in [2.45, 2.75) is 33.6 Å². The zero-order chi connectivity index (χ0) is 6.65. The number of rotatable bonds is 2. The van der Waals surface area contributed by atoms with E-state index in [2.05, 4.69) is 20.8 Å². The Balaban J connectivity index is 1.94. The molecule has 0 heteroatoms. The standard InChI is InChI=1S/C9H16/c1-4-6-8-7(5-2)9(6,8)3/h6-8H,4-5H2,1-3H3. The minimum atomic E-state index is 0.851. The molecule has 0 radical (unpaired) electrons. The van der Waals surface area contributed by atoms with Crippen LogP contribution in [0.25, 0.3) is 0 Å². The fraction of sp³-hybridized carbons (Fsp3) is 1.00. The number of hydrogen-bond acceptors (Lipinski definition) is 0. The van der Waals surface area contributed by atoms with E-state index in [9.17, 15) is 0 Å². The molecule has 2 saturated carbocycles. The third kappa shape index (κ3) is 0.426. The highest BCUT2D eigenvalue weighted by atomic mass is 14.8. The maximum Gasteiger partial charge on any atom is -0.0230 e. The van der Waals surface area contributed by atoms with Gasteiger partial charge in [-0.1, -0.05) is 33.6 Å². The van der Waals surface area contributed by atoms with Crippen molar-refractivity contribution in [3.8, 4) is 0 Å². The molecule has 2 rings (SSSR count). The van der Waals surface area contributed by atoms with Crippen LogP contribution in [0.2, 0.25) is 0 Å². The summed E-state index contributed by atoms with van der Waals surface area (Å²) in [4.78, 5) is 0. The van der Waals surface area contributed by atoms with Crippen LogP contribution in [0, 0.1) is 23.2 Å². The predicted molar refractivity (Wildman–Crippen MR) is 39.2 cm³/mol. The third-order valence-electron chi connectivity index (χ3n) is 3.84. The van der Waals surface area contributed by atoms with E-state index in [-0.39, 0.29) is 0 Å². The van der Waals surface area contributed by atoms with Crippen molar-refractivity contribution in [3.63, 3.8) is 0 Å². The summed E-state index contributed by atoms with van der Waals surface area (Å²) in [7, 11) is 0. The predicted octanol–water partition coefficient (Wildman–Crippen LogP) is 2.69. The number of fused-ring (bicyclic) bond motifs is 1. The summed E-state index contributed by atoms with van der Waals surface area (Å²) in [6.45, 7) is 7.13. The molecular formula is C9H16. The molecule has 2 atom stereocenters. The van der Waals surface area contributed by atoms with Gasteiger partial charge in [-0.05, 0) is 23.2 Å². The molecule has 0 bridgehead atoms. The summed E-state index contributed by atoms with van der Waals surface area (Å²) >= 11 is 0. The molecule has 2 unspecified atom stereocenters. The smallest absolute Gasteiger partial charge is 0.0230 e. The molecule has 2 aliphatic rings. The van der Waals surface area contributed by atoms with Crippen molar-refractivity contribution >= 4 is 0 Å². The van der Waals surface area contributed by atoms with Crippen LogP contribution >= 0.6 is 0 Å². The summed E-state index contributed by atoms with van der Waals surface area (Å²) < 4.78 is 0. The largest absolute Gasteiger partial charge is 0.0651 e. The maximum atomic E-state index is 2.47. The second-order valence-electron chi connectivity index (χ2n) is 3.92. The Morgan fingerprint density at radius 3 is 1.67 bits per heavy atom. The molecule has 0 N–H and O–H groups in total. The van der Waals surface area contributed by atoms with E-state index in [1.54, 1.807) is 0 Å². The van der Waals surface area contributed by atoms with Crippen molar-refractivity contribution in [1.29, 1.82) is 0 Å². The highest BCUT2D eigenvalue weighted by molar-refractivity contribution is 5.28. The average molecular weight is 124 g/mol. The SMILES string of the molecule is CCC1C2C(CC)C12C. The van der Waals surface area contributed by atoms with Crippen LogP contribution in [0.4, 0.5) is 0 Å². The minimum Gasteiger partial charge on any atom is -0.0651 e. The molecule has 0 aromatic heterocycles. The van der Waals surface area contributed by atoms with Crippen molar-refractivity contribution < 1.29 is 0 Å². The maximum absolute atomic E-state index is 2.47. The van der Waals surface area contributed by atoms with Crippen LogP contribution < -0.4 is 0 Å². The average Bonchev–Trinajstić information content (AvgIpc) is 2.57. The lowest BCUT2D eigenvalue weighted by Crippen LogP contribution is -2.04. The van der Waals surface area contributed by atoms with E-state index in [0.717, 1.165) is 23.2 Å². The zero-order valence-electron chi connectivity index (χ0n) is 6.65. The van der Waals surface area contributed by atoms with E-state index < -0.39 is 0 Å². The Morgan fingerprint density at radius 1 is 1.11 bits per heavy atom. The van der Waals surface area contributed by atoms with Crippen molar-refractivity contribution in [2.24, 2.45) is 23.2 Å². The van der Waals surface area contributed by atoms with Gasteiger partial charge in [-0.2, -0.15) is 0 Å². The highest BCUT2D eigenvalue weighted by Crippen LogP contribution is 2.85. The van der Waals surface area contributed by atoms with Gasteiger partial charge in [0.1, 0.15) is 0 Å². The van der Waals surface area contributed by atoms with Gasteiger partial charge in [0.2, 0.25) is 0 Å². The van der Waals surface area contributed by atoms with Crippen molar-refractivity contribution in [1.82, 2.24) is 0 Å². The van der Waals surface area contributed by atoms with Crippen molar-refractivity contribution in [2.75, 3.05) is 0 Å². The van der Waals surface area contributed by atoms with Gasteiger partial charge in [-0.15, -0.1) is 0 Å². The highest BCUT2D eigenvalue weighted by Gasteiger charge is 2.80. The van der Waals surface area contributed by atoms with E-state index in [1.807, 2.05) is 0 Å². The van der Waals surface area contributed by atoms with Crippen LogP contribution in [0.5, 0.6) is 0 Å². The van der Waals surface area contributed by atoms with Gasteiger partial charge in [0.15, 0.2) is 0 Å². The van der Waals surface area contributed by atoms with Gasteiger partial charge in [0.25, 0.3) is 0 Å². The summed E-state index contributed by atoms with van der Waals surface area (Å²) in [5, 5.41) is 0. The quantitative estimate of drug-likeness (QED) is 0.531. The van der Waals surface area contributed by atoms with Crippen LogP contribution in [0.3, 0.4) is 0 Å². The zero-order valence-corrected chi connectivity index (χ0v) is 6.65. The molecule has 0 nitrogen and oxygen atoms in total. The number of hydrogen-bond donors (Lipinski definition) is 0. The first kappa shape index (κ1) is 5.76. The van der Waals surface area contributed by atoms with E-state index in [0.29, 0.717) is 0 Å². The second kappa shape index (κ2) is 1.36. The van der Waals surface area contributed by atoms with E-state index in [1.165, 1.54) is 12.8 Å². The van der Waals surface area contributed by atoms with Gasteiger partial charge in [0, 0.05) is 0 Å². The summed E-state index contributed by atoms with van der Waals surface area (Å²) in [6.07, 6.45) is 2.86. The van der Waals surface area contributed by atoms with E-state index >= 15 is 0 Å². The van der Waals surface area contributed by atoms with Crippen LogP contribution in [0.15, 0.2) is 0 Å². The molecule has 0 aromatic rings. The van der Waals surface area contributed by atoms with Crippen LogP contribution in [-0.4, -0.2) is 0 Å². The molecule has 52 valence electrons. The molecule has 2 fully saturated rings. The Labute approximate surface area is 57.6 Å². The van der Waals surface area contributed by atoms with Crippen LogP contribution in [-0.2, 0) is 0 Å². The third-order valence-corrected chi connectivity index (χ3v) is 3.84. The first-order valence-corrected chi connectivity index (χ1v) is 4.26. The lowest BCUT2D eigenvalue weighted by atomic mass is 9.94. The van der Waals surface area contributed by atoms with Crippen molar-refractivity contribution in [3.05, 3.63) is 0 Å². The lowest BCUT2D eigenvalue weighted by Gasteiger charge is -2.11. The van der Waals surface area contributed by atoms with Gasteiger partial charge in [-0.25, -0.2) is 0 Å². The molecule has 2 aliphatic carbocycles. The molecular weight excluding hydrogens is 108 g/mol. The Hall–Kier alpha value is 0. The molecule has 0 saturated heterocycles. The normalized spacial score (nSPS) is 61.0. The van der Waals surface area contributed by atoms with Gasteiger partial charge < -0.3 is 0 Å². The molecule has 0 heterocycles. The Kier molecular flexibility index (Phi) is 0.868. The fourth-order valence-electron chi connectivity index (χ4n) is 3.15. The fourth-order valence-corrected chi connectivity index (χ4v) is 3.15. The monoisotopic (exact) mass is 124 g/mol. The molecule has 0 aromatic carbocycles. The Morgan fingerprint density at radius 2 is 1.44 bits per heavy atom. The second-order valence-corrected chi connectivity index (χ2v) is 3.92. The van der Waals surface area contributed by atoms with Crippen LogP contribution in [0.1, 0.15) is 33.6 Å². The lowest BCUT2D eigenvalue weighted by molar-refractivity contribution is 0.378. The first-order chi connectivity index (χ1) is 4.26. The first-order valence-electron chi connectivity index (χ1n) is 4.26. The minimum absolute atomic E-state index is 0.851. The summed E-state index contributed by atoms with van der Waals surface area (Å²) in [5.41, 5.74) is 0.851. The van der Waals surface area contributed by atoms with E-state index in [4.69, 9.17) is 0 Å². The van der Waals surface area contributed by atoms with Gasteiger partial charge >= 0.3 is 0 Å². The van der Waals surface area contributed by atoms with Gasteiger partial charge in [0.05, 0.1) is 0 Å². The Bertz CT molecular complexity index is 125. The van der Waals surface area contributed by atoms with Gasteiger partial charge in [-0.3, -0.25) is 0 Å². The topological polar surface area (TPSA) is 0 Å². The summed E-state index contributed by atoms with van der Waals surface area (Å²) in [6, 6.07) is 0. The molecule has 0 spiro atoms. The molecule has 0 amide bonds. The molecule has 9 heavy (non-hydrogen) atoms. The molecule has 0 aliphatic heterocycles.